The fourth-order valence-electron chi connectivity index (χ4n) is 1.27. The predicted molar refractivity (Wildman–Crippen MR) is 67.7 cm³/mol. The molecule has 0 saturated carbocycles. The van der Waals surface area contributed by atoms with Gasteiger partial charge in [0.05, 0.1) is 12.3 Å². The molecular formula is C12H14ClNO4. The zero-order valence-electron chi connectivity index (χ0n) is 10.1. The van der Waals surface area contributed by atoms with E-state index >= 15 is 0 Å². The number of nitrogens with zero attached hydrogens (tertiary/aromatic N) is 1. The molecule has 1 aromatic rings. The Morgan fingerprint density at radius 1 is 1.44 bits per heavy atom. The minimum absolute atomic E-state index is 0.0424. The highest BCUT2D eigenvalue weighted by molar-refractivity contribution is 6.36. The summed E-state index contributed by atoms with van der Waals surface area (Å²) in [5.41, 5.74) is 0.328. The van der Waals surface area contributed by atoms with Crippen molar-refractivity contribution < 1.29 is 19.4 Å². The molecule has 0 radical (unpaired) electrons. The number of carbonyl (C=O) groups is 2. The topological polar surface area (TPSA) is 66.8 Å². The lowest BCUT2D eigenvalue weighted by Gasteiger charge is -2.12. The molecule has 0 fully saturated rings. The molecule has 0 aliphatic carbocycles. The number of anilines is 1. The molecule has 0 saturated heterocycles. The Kier molecular flexibility index (Phi) is 4.97. The molecule has 0 aromatic heterocycles. The molecule has 6 heteroatoms. The lowest BCUT2D eigenvalue weighted by molar-refractivity contribution is -0.115. The van der Waals surface area contributed by atoms with Gasteiger partial charge in [0.1, 0.15) is 11.3 Å². The van der Waals surface area contributed by atoms with Gasteiger partial charge in [0.15, 0.2) is 0 Å². The van der Waals surface area contributed by atoms with E-state index < -0.39 is 11.9 Å². The van der Waals surface area contributed by atoms with Gasteiger partial charge in [-0.15, -0.1) is 0 Å². The summed E-state index contributed by atoms with van der Waals surface area (Å²) in [6.45, 7) is 3.44. The van der Waals surface area contributed by atoms with Crippen molar-refractivity contribution >= 4 is 29.3 Å². The molecule has 1 rings (SSSR count). The zero-order valence-corrected chi connectivity index (χ0v) is 10.9. The summed E-state index contributed by atoms with van der Waals surface area (Å²) < 4.78 is 5.74. The van der Waals surface area contributed by atoms with Gasteiger partial charge in [-0.05, 0) is 18.6 Å². The minimum Gasteiger partial charge on any atom is -0.507 e. The summed E-state index contributed by atoms with van der Waals surface area (Å²) in [6.07, 6.45) is 0.699. The molecule has 18 heavy (non-hydrogen) atoms. The van der Waals surface area contributed by atoms with Crippen LogP contribution < -0.4 is 4.42 Å². The summed E-state index contributed by atoms with van der Waals surface area (Å²) in [4.78, 5) is 22.6. The second-order valence-electron chi connectivity index (χ2n) is 3.64. The van der Waals surface area contributed by atoms with Crippen molar-refractivity contribution in [3.05, 3.63) is 23.8 Å². The van der Waals surface area contributed by atoms with E-state index in [0.29, 0.717) is 6.42 Å². The average Bonchev–Trinajstić information content (AvgIpc) is 2.34. The molecule has 5 nitrogen and oxygen atoms in total. The van der Waals surface area contributed by atoms with Gasteiger partial charge < -0.3 is 9.84 Å². The van der Waals surface area contributed by atoms with Crippen molar-refractivity contribution in [1.82, 2.24) is 0 Å². The van der Waals surface area contributed by atoms with Crippen LogP contribution in [0, 0.1) is 0 Å². The molecule has 0 heterocycles. The number of phenolic OH excluding ortho intramolecular Hbond substituents is 1. The van der Waals surface area contributed by atoms with Gasteiger partial charge in [-0.25, -0.2) is 9.21 Å². The van der Waals surface area contributed by atoms with Gasteiger partial charge in [0, 0.05) is 24.8 Å². The maximum absolute atomic E-state index is 11.5. The van der Waals surface area contributed by atoms with E-state index in [9.17, 15) is 14.7 Å². The van der Waals surface area contributed by atoms with Crippen LogP contribution in [0.25, 0.3) is 0 Å². The maximum atomic E-state index is 11.5. The first-order chi connectivity index (χ1) is 8.47. The predicted octanol–water partition coefficient (Wildman–Crippen LogP) is 2.47. The number of halogens is 1. The van der Waals surface area contributed by atoms with E-state index in [1.807, 2.05) is 6.92 Å². The van der Waals surface area contributed by atoms with Crippen LogP contribution in [0.3, 0.4) is 0 Å². The summed E-state index contributed by atoms with van der Waals surface area (Å²) in [6, 6.07) is 4.05. The highest BCUT2D eigenvalue weighted by Gasteiger charge is 2.16. The summed E-state index contributed by atoms with van der Waals surface area (Å²) >= 11 is 5.69. The monoisotopic (exact) mass is 271 g/mol. The number of hydrogen-bond acceptors (Lipinski definition) is 4. The van der Waals surface area contributed by atoms with E-state index in [2.05, 4.69) is 0 Å². The van der Waals surface area contributed by atoms with Crippen molar-refractivity contribution in [3.63, 3.8) is 0 Å². The second kappa shape index (κ2) is 6.26. The van der Waals surface area contributed by atoms with Crippen LogP contribution in [-0.4, -0.2) is 23.6 Å². The van der Waals surface area contributed by atoms with Gasteiger partial charge in [-0.1, -0.05) is 6.92 Å². The number of phenols is 1. The highest BCUT2D eigenvalue weighted by Crippen LogP contribution is 2.26. The first-order valence-electron chi connectivity index (χ1n) is 5.44. The van der Waals surface area contributed by atoms with Crippen molar-refractivity contribution in [2.24, 2.45) is 0 Å². The van der Waals surface area contributed by atoms with E-state index in [1.54, 1.807) is 0 Å². The molecule has 0 unspecified atom stereocenters. The van der Waals surface area contributed by atoms with Crippen LogP contribution in [0.5, 0.6) is 5.75 Å². The molecule has 98 valence electrons. The summed E-state index contributed by atoms with van der Waals surface area (Å²) in [5, 5.41) is 9.69. The fraction of sp³-hybridized carbons (Fsp3) is 0.333. The third-order valence-electron chi connectivity index (χ3n) is 2.14. The Hall–Kier alpha value is -1.75. The van der Waals surface area contributed by atoms with Crippen LogP contribution in [0.15, 0.2) is 18.2 Å². The number of carbonyl (C=O) groups excluding carboxylic acids is 2. The minimum atomic E-state index is -0.607. The number of rotatable bonds is 4. The molecule has 0 aliphatic heterocycles. The highest BCUT2D eigenvalue weighted by atomic mass is 35.5. The quantitative estimate of drug-likeness (QED) is 0.675. The Bertz CT molecular complexity index is 461. The van der Waals surface area contributed by atoms with Crippen molar-refractivity contribution in [1.29, 1.82) is 0 Å². The van der Waals surface area contributed by atoms with E-state index in [1.165, 1.54) is 25.1 Å². The molecule has 0 aliphatic rings. The number of ether oxygens (including phenoxy) is 1. The van der Waals surface area contributed by atoms with Gasteiger partial charge in [-0.2, -0.15) is 0 Å². The number of amides is 1. The number of esters is 1. The largest absolute Gasteiger partial charge is 0.507 e. The molecular weight excluding hydrogens is 258 g/mol. The molecule has 0 bridgehead atoms. The Morgan fingerprint density at radius 3 is 2.61 bits per heavy atom. The average molecular weight is 272 g/mol. The fourth-order valence-corrected chi connectivity index (χ4v) is 1.37. The summed E-state index contributed by atoms with van der Waals surface area (Å²) in [7, 11) is 0. The number of aromatic hydroxyl groups is 1. The van der Waals surface area contributed by atoms with Crippen molar-refractivity contribution in [2.45, 2.75) is 20.3 Å². The van der Waals surface area contributed by atoms with Crippen molar-refractivity contribution in [2.75, 3.05) is 11.0 Å². The molecule has 1 N–H and O–H groups in total. The SMILES string of the molecule is CCCOC(=O)c1ccc(N(Cl)C(C)=O)cc1O. The smallest absolute Gasteiger partial charge is 0.341 e. The van der Waals surface area contributed by atoms with Crippen LogP contribution in [0.2, 0.25) is 0 Å². The first-order valence-corrected chi connectivity index (χ1v) is 5.77. The van der Waals surface area contributed by atoms with Crippen LogP contribution in [-0.2, 0) is 9.53 Å². The second-order valence-corrected chi connectivity index (χ2v) is 3.98. The van der Waals surface area contributed by atoms with Gasteiger partial charge >= 0.3 is 5.97 Å². The van der Waals surface area contributed by atoms with E-state index in [4.69, 9.17) is 16.5 Å². The Morgan fingerprint density at radius 2 is 2.11 bits per heavy atom. The third kappa shape index (κ3) is 3.37. The summed E-state index contributed by atoms with van der Waals surface area (Å²) in [5.74, 6) is -1.28. The third-order valence-corrected chi connectivity index (χ3v) is 2.57. The first kappa shape index (κ1) is 14.3. The number of benzene rings is 1. The van der Waals surface area contributed by atoms with E-state index in [0.717, 1.165) is 4.42 Å². The van der Waals surface area contributed by atoms with Crippen LogP contribution in [0.4, 0.5) is 5.69 Å². The Balaban J connectivity index is 2.92. The molecule has 0 spiro atoms. The van der Waals surface area contributed by atoms with Gasteiger partial charge in [0.25, 0.3) is 0 Å². The van der Waals surface area contributed by atoms with Crippen molar-refractivity contribution in [3.8, 4) is 5.75 Å². The molecule has 0 atom stereocenters. The van der Waals surface area contributed by atoms with Gasteiger partial charge in [0.2, 0.25) is 5.91 Å². The standard InChI is InChI=1S/C12H14ClNO4/c1-3-6-18-12(17)10-5-4-9(7-11(10)16)14(13)8(2)15/h4-5,7,16H,3,6H2,1-2H3. The van der Waals surface area contributed by atoms with E-state index in [-0.39, 0.29) is 23.6 Å². The molecule has 1 amide bonds. The lowest BCUT2D eigenvalue weighted by Crippen LogP contribution is -2.16. The molecule has 1 aromatic carbocycles. The lowest BCUT2D eigenvalue weighted by atomic mass is 10.2. The normalized spacial score (nSPS) is 9.94. The van der Waals surface area contributed by atoms with Crippen LogP contribution in [0.1, 0.15) is 30.6 Å². The number of hydrogen-bond donors (Lipinski definition) is 1. The Labute approximate surface area is 110 Å². The maximum Gasteiger partial charge on any atom is 0.341 e. The van der Waals surface area contributed by atoms with Crippen LogP contribution >= 0.6 is 11.8 Å². The zero-order chi connectivity index (χ0) is 13.7. The van der Waals surface area contributed by atoms with Gasteiger partial charge in [-0.3, -0.25) is 4.79 Å².